The molecule has 0 bridgehead atoms. The van der Waals surface area contributed by atoms with E-state index in [2.05, 4.69) is 10.4 Å². The average molecular weight is 231 g/mol. The van der Waals surface area contributed by atoms with Crippen LogP contribution in [0.3, 0.4) is 0 Å². The number of hydrazine groups is 1. The molecule has 0 atom stereocenters. The molecule has 1 aromatic heterocycles. The molecule has 3 nitrogen and oxygen atoms in total. The van der Waals surface area contributed by atoms with Crippen LogP contribution in [0.5, 0.6) is 0 Å². The molecule has 0 radical (unpaired) electrons. The van der Waals surface area contributed by atoms with E-state index in [4.69, 9.17) is 5.84 Å². The zero-order valence-electron chi connectivity index (χ0n) is 9.63. The van der Waals surface area contributed by atoms with Gasteiger partial charge in [0.05, 0.1) is 16.6 Å². The predicted octanol–water partition coefficient (Wildman–Crippen LogP) is 2.85. The van der Waals surface area contributed by atoms with Crippen molar-refractivity contribution >= 4 is 16.6 Å². The molecule has 1 aliphatic rings. The summed E-state index contributed by atoms with van der Waals surface area (Å²) in [4.78, 5) is 4.57. The topological polar surface area (TPSA) is 50.9 Å². The minimum Gasteiger partial charge on any atom is -0.323 e. The number of nitrogen functional groups attached to an aromatic ring is 1. The number of nitrogens with two attached hydrogens (primary N) is 1. The van der Waals surface area contributed by atoms with E-state index in [1.807, 2.05) is 13.0 Å². The van der Waals surface area contributed by atoms with Gasteiger partial charge in [-0.05, 0) is 37.5 Å². The molecule has 3 N–H and O–H groups in total. The van der Waals surface area contributed by atoms with Gasteiger partial charge in [0.1, 0.15) is 5.82 Å². The summed E-state index contributed by atoms with van der Waals surface area (Å²) in [5, 5.41) is 0.483. The lowest BCUT2D eigenvalue weighted by Gasteiger charge is -2.11. The number of nitrogens with one attached hydrogen (secondary N) is 1. The van der Waals surface area contributed by atoms with Gasteiger partial charge in [-0.25, -0.2) is 4.39 Å². The van der Waals surface area contributed by atoms with Gasteiger partial charge in [-0.3, -0.25) is 10.8 Å². The molecular weight excluding hydrogens is 217 g/mol. The monoisotopic (exact) mass is 231 g/mol. The lowest BCUT2D eigenvalue weighted by Crippen LogP contribution is -2.09. The molecule has 0 spiro atoms. The predicted molar refractivity (Wildman–Crippen MR) is 66.2 cm³/mol. The first-order valence-corrected chi connectivity index (χ1v) is 5.77. The van der Waals surface area contributed by atoms with Gasteiger partial charge in [0.2, 0.25) is 0 Å². The van der Waals surface area contributed by atoms with Crippen LogP contribution in [-0.4, -0.2) is 4.98 Å². The number of hydrogen-bond acceptors (Lipinski definition) is 3. The van der Waals surface area contributed by atoms with E-state index in [-0.39, 0.29) is 5.82 Å². The van der Waals surface area contributed by atoms with Crippen molar-refractivity contribution in [2.75, 3.05) is 5.43 Å². The summed E-state index contributed by atoms with van der Waals surface area (Å²) in [6, 6.07) is 5.07. The second-order valence-electron chi connectivity index (χ2n) is 4.60. The largest absolute Gasteiger partial charge is 0.323 e. The normalized spacial score (nSPS) is 15.2. The third-order valence-corrected chi connectivity index (χ3v) is 3.28. The Morgan fingerprint density at radius 3 is 2.82 bits per heavy atom. The van der Waals surface area contributed by atoms with Crippen LogP contribution in [0.2, 0.25) is 0 Å². The fourth-order valence-electron chi connectivity index (χ4n) is 2.15. The highest BCUT2D eigenvalue weighted by molar-refractivity contribution is 5.93. The number of nitrogens with zero attached hydrogens (tertiary/aromatic N) is 1. The van der Waals surface area contributed by atoms with Gasteiger partial charge in [-0.2, -0.15) is 0 Å². The molecule has 0 aliphatic heterocycles. The number of rotatable bonds is 2. The number of halogens is 1. The summed E-state index contributed by atoms with van der Waals surface area (Å²) in [6.45, 7) is 1.94. The Morgan fingerprint density at radius 1 is 1.41 bits per heavy atom. The van der Waals surface area contributed by atoms with Crippen LogP contribution in [0.1, 0.15) is 30.0 Å². The zero-order chi connectivity index (χ0) is 12.0. The number of pyridine rings is 1. The molecule has 1 fully saturated rings. The highest BCUT2D eigenvalue weighted by atomic mass is 19.1. The van der Waals surface area contributed by atoms with E-state index in [1.54, 1.807) is 6.07 Å². The van der Waals surface area contributed by atoms with Crippen LogP contribution in [0.15, 0.2) is 18.2 Å². The second-order valence-corrected chi connectivity index (χ2v) is 4.60. The van der Waals surface area contributed by atoms with Crippen molar-refractivity contribution in [3.05, 3.63) is 35.3 Å². The van der Waals surface area contributed by atoms with Crippen molar-refractivity contribution in [1.29, 1.82) is 0 Å². The van der Waals surface area contributed by atoms with E-state index in [9.17, 15) is 4.39 Å². The van der Waals surface area contributed by atoms with Gasteiger partial charge in [-0.15, -0.1) is 0 Å². The summed E-state index contributed by atoms with van der Waals surface area (Å²) >= 11 is 0. The Kier molecular flexibility index (Phi) is 2.26. The van der Waals surface area contributed by atoms with Crippen LogP contribution in [0, 0.1) is 12.7 Å². The van der Waals surface area contributed by atoms with Crippen LogP contribution in [-0.2, 0) is 0 Å². The Morgan fingerprint density at radius 2 is 2.18 bits per heavy atom. The number of fused-ring (bicyclic) bond motifs is 1. The molecule has 1 aromatic carbocycles. The SMILES string of the molecule is Cc1ccc(F)c2c(NN)cc(C3CC3)nc12. The average Bonchev–Trinajstić information content (AvgIpc) is 3.16. The quantitative estimate of drug-likeness (QED) is 0.617. The molecular formula is C13H14FN3. The van der Waals surface area contributed by atoms with Crippen molar-refractivity contribution < 1.29 is 4.39 Å². The molecule has 1 saturated carbocycles. The van der Waals surface area contributed by atoms with Gasteiger partial charge in [0.25, 0.3) is 0 Å². The summed E-state index contributed by atoms with van der Waals surface area (Å²) in [5.74, 6) is 5.72. The third-order valence-electron chi connectivity index (χ3n) is 3.28. The van der Waals surface area contributed by atoms with Crippen molar-refractivity contribution in [1.82, 2.24) is 4.98 Å². The Balaban J connectivity index is 2.35. The number of anilines is 1. The second kappa shape index (κ2) is 3.67. The van der Waals surface area contributed by atoms with Gasteiger partial charge in [-0.1, -0.05) is 6.07 Å². The Bertz CT molecular complexity index is 591. The summed E-state index contributed by atoms with van der Waals surface area (Å²) in [6.07, 6.45) is 2.33. The first kappa shape index (κ1) is 10.5. The lowest BCUT2D eigenvalue weighted by molar-refractivity contribution is 0.639. The maximum Gasteiger partial charge on any atom is 0.134 e. The molecule has 3 rings (SSSR count). The van der Waals surface area contributed by atoms with Crippen molar-refractivity contribution in [2.45, 2.75) is 25.7 Å². The molecule has 0 unspecified atom stereocenters. The summed E-state index contributed by atoms with van der Waals surface area (Å²) in [5.41, 5.74) is 5.90. The van der Waals surface area contributed by atoms with Crippen LogP contribution in [0.4, 0.5) is 10.1 Å². The maximum absolute atomic E-state index is 13.8. The van der Waals surface area contributed by atoms with Crippen LogP contribution >= 0.6 is 0 Å². The van der Waals surface area contributed by atoms with Gasteiger partial charge in [0.15, 0.2) is 0 Å². The third kappa shape index (κ3) is 1.65. The first-order valence-electron chi connectivity index (χ1n) is 5.77. The standard InChI is InChI=1S/C13H14FN3/c1-7-2-5-9(14)12-11(17-15)6-10(8-3-4-8)16-13(7)12/h2,5-6,8H,3-4,15H2,1H3,(H,16,17). The van der Waals surface area contributed by atoms with E-state index >= 15 is 0 Å². The van der Waals surface area contributed by atoms with Crippen molar-refractivity contribution in [3.8, 4) is 0 Å². The fourth-order valence-corrected chi connectivity index (χ4v) is 2.15. The minimum absolute atomic E-state index is 0.284. The number of aryl methyl sites for hydroxylation is 1. The number of benzene rings is 1. The molecule has 2 aromatic rings. The van der Waals surface area contributed by atoms with E-state index in [0.29, 0.717) is 22.5 Å². The van der Waals surface area contributed by atoms with Gasteiger partial charge < -0.3 is 5.43 Å². The van der Waals surface area contributed by atoms with Crippen LogP contribution < -0.4 is 11.3 Å². The molecule has 1 heterocycles. The molecule has 0 saturated heterocycles. The highest BCUT2D eigenvalue weighted by Gasteiger charge is 2.26. The zero-order valence-corrected chi connectivity index (χ0v) is 9.63. The number of aromatic nitrogens is 1. The lowest BCUT2D eigenvalue weighted by atomic mass is 10.1. The van der Waals surface area contributed by atoms with Gasteiger partial charge in [0, 0.05) is 11.6 Å². The summed E-state index contributed by atoms with van der Waals surface area (Å²) in [7, 11) is 0. The van der Waals surface area contributed by atoms with Crippen molar-refractivity contribution in [3.63, 3.8) is 0 Å². The van der Waals surface area contributed by atoms with Gasteiger partial charge >= 0.3 is 0 Å². The molecule has 0 amide bonds. The summed E-state index contributed by atoms with van der Waals surface area (Å²) < 4.78 is 13.8. The van der Waals surface area contributed by atoms with E-state index in [1.165, 1.54) is 6.07 Å². The van der Waals surface area contributed by atoms with Crippen LogP contribution in [0.25, 0.3) is 10.9 Å². The molecule has 4 heteroatoms. The van der Waals surface area contributed by atoms with E-state index in [0.717, 1.165) is 24.1 Å². The minimum atomic E-state index is -0.284. The highest BCUT2D eigenvalue weighted by Crippen LogP contribution is 2.41. The van der Waals surface area contributed by atoms with E-state index < -0.39 is 0 Å². The molecule has 1 aliphatic carbocycles. The molecule has 88 valence electrons. The first-order chi connectivity index (χ1) is 8.20. The van der Waals surface area contributed by atoms with Crippen molar-refractivity contribution in [2.24, 2.45) is 5.84 Å². The smallest absolute Gasteiger partial charge is 0.134 e. The number of hydrogen-bond donors (Lipinski definition) is 2. The fraction of sp³-hybridized carbons (Fsp3) is 0.308. The molecule has 17 heavy (non-hydrogen) atoms. The maximum atomic E-state index is 13.8. The Labute approximate surface area is 98.8 Å². The Hall–Kier alpha value is -1.68.